The molecule has 1 rings (SSSR count). The summed E-state index contributed by atoms with van der Waals surface area (Å²) >= 11 is 5.66. The molecule has 0 amide bonds. The number of nitriles is 1. The van der Waals surface area contributed by atoms with Crippen LogP contribution in [0.15, 0.2) is 18.2 Å². The number of nitrogens with zero attached hydrogens (tertiary/aromatic N) is 1. The third kappa shape index (κ3) is 2.64. The summed E-state index contributed by atoms with van der Waals surface area (Å²) in [7, 11) is 0. The maximum absolute atomic E-state index is 10.3. The van der Waals surface area contributed by atoms with E-state index in [1.165, 1.54) is 6.07 Å². The van der Waals surface area contributed by atoms with Crippen molar-refractivity contribution in [1.29, 1.82) is 5.26 Å². The Kier molecular flexibility index (Phi) is 3.32. The molecule has 0 radical (unpaired) electrons. The fourth-order valence-electron chi connectivity index (χ4n) is 0.934. The molecule has 1 aromatic rings. The van der Waals surface area contributed by atoms with Crippen LogP contribution < -0.4 is 5.32 Å². The van der Waals surface area contributed by atoms with Gasteiger partial charge in [0.1, 0.15) is 12.6 Å². The Balaban J connectivity index is 2.87. The van der Waals surface area contributed by atoms with Crippen LogP contribution in [0.5, 0.6) is 0 Å². The molecule has 0 aliphatic carbocycles. The van der Waals surface area contributed by atoms with Gasteiger partial charge in [0.25, 0.3) is 0 Å². The molecule has 1 aromatic carbocycles. The van der Waals surface area contributed by atoms with E-state index in [0.717, 1.165) is 0 Å². The van der Waals surface area contributed by atoms with E-state index in [-0.39, 0.29) is 6.54 Å². The van der Waals surface area contributed by atoms with Gasteiger partial charge in [-0.3, -0.25) is 4.79 Å². The van der Waals surface area contributed by atoms with Gasteiger partial charge >= 0.3 is 5.97 Å². The van der Waals surface area contributed by atoms with E-state index in [4.69, 9.17) is 22.0 Å². The fraction of sp³-hybridized carbons (Fsp3) is 0.111. The number of nitrogens with one attached hydrogen (secondary N) is 1. The minimum atomic E-state index is -0.983. The number of hydrogen-bond acceptors (Lipinski definition) is 3. The summed E-state index contributed by atoms with van der Waals surface area (Å²) in [6.45, 7) is -0.226. The Morgan fingerprint density at radius 1 is 1.64 bits per heavy atom. The first kappa shape index (κ1) is 10.4. The molecule has 0 heterocycles. The van der Waals surface area contributed by atoms with E-state index in [2.05, 4.69) is 5.32 Å². The molecule has 5 heteroatoms. The van der Waals surface area contributed by atoms with Crippen molar-refractivity contribution in [3.05, 3.63) is 28.8 Å². The zero-order valence-electron chi connectivity index (χ0n) is 7.12. The van der Waals surface area contributed by atoms with Gasteiger partial charge in [-0.1, -0.05) is 11.6 Å². The third-order valence-corrected chi connectivity index (χ3v) is 1.77. The number of carboxylic acid groups (broad SMARTS) is 1. The summed E-state index contributed by atoms with van der Waals surface area (Å²) in [5, 5.41) is 20.2. The fourth-order valence-corrected chi connectivity index (χ4v) is 1.11. The van der Waals surface area contributed by atoms with Gasteiger partial charge in [-0.05, 0) is 18.2 Å². The number of benzene rings is 1. The van der Waals surface area contributed by atoms with Crippen LogP contribution in [0, 0.1) is 11.3 Å². The van der Waals surface area contributed by atoms with Crippen LogP contribution in [0.4, 0.5) is 5.69 Å². The van der Waals surface area contributed by atoms with E-state index in [0.29, 0.717) is 16.3 Å². The first-order valence-corrected chi connectivity index (χ1v) is 4.16. The van der Waals surface area contributed by atoms with Gasteiger partial charge in [0, 0.05) is 5.02 Å². The largest absolute Gasteiger partial charge is 0.480 e. The van der Waals surface area contributed by atoms with Crippen molar-refractivity contribution < 1.29 is 9.90 Å². The Morgan fingerprint density at radius 2 is 2.36 bits per heavy atom. The first-order chi connectivity index (χ1) is 6.63. The van der Waals surface area contributed by atoms with Crippen molar-refractivity contribution in [2.45, 2.75) is 0 Å². The molecule has 0 spiro atoms. The number of halogens is 1. The van der Waals surface area contributed by atoms with Crippen LogP contribution in [-0.2, 0) is 4.79 Å². The zero-order chi connectivity index (χ0) is 10.6. The van der Waals surface area contributed by atoms with Gasteiger partial charge < -0.3 is 10.4 Å². The zero-order valence-corrected chi connectivity index (χ0v) is 7.88. The standard InChI is InChI=1S/C9H7ClN2O2/c10-7-1-2-8(6(3-7)4-11)12-5-9(13)14/h1-3,12H,5H2,(H,13,14). The van der Waals surface area contributed by atoms with Crippen molar-refractivity contribution in [2.75, 3.05) is 11.9 Å². The predicted molar refractivity (Wildman–Crippen MR) is 52.3 cm³/mol. The molecule has 0 unspecified atom stereocenters. The summed E-state index contributed by atoms with van der Waals surface area (Å²) in [6, 6.07) is 6.56. The number of rotatable bonds is 3. The minimum Gasteiger partial charge on any atom is -0.480 e. The lowest BCUT2D eigenvalue weighted by molar-refractivity contribution is -0.134. The molecule has 0 atom stereocenters. The highest BCUT2D eigenvalue weighted by atomic mass is 35.5. The number of carboxylic acids is 1. The topological polar surface area (TPSA) is 73.1 Å². The minimum absolute atomic E-state index is 0.226. The van der Waals surface area contributed by atoms with Crippen molar-refractivity contribution in [2.24, 2.45) is 0 Å². The summed E-state index contributed by atoms with van der Waals surface area (Å²) in [5.41, 5.74) is 0.804. The second kappa shape index (κ2) is 4.49. The van der Waals surface area contributed by atoms with Crippen LogP contribution in [0.1, 0.15) is 5.56 Å². The second-order valence-electron chi connectivity index (χ2n) is 2.55. The molecule has 72 valence electrons. The molecule has 4 nitrogen and oxygen atoms in total. The summed E-state index contributed by atoms with van der Waals surface area (Å²) in [5.74, 6) is -0.983. The van der Waals surface area contributed by atoms with Crippen LogP contribution >= 0.6 is 11.6 Å². The van der Waals surface area contributed by atoms with Gasteiger partial charge in [-0.15, -0.1) is 0 Å². The van der Waals surface area contributed by atoms with E-state index in [1.807, 2.05) is 6.07 Å². The van der Waals surface area contributed by atoms with Crippen LogP contribution in [0.2, 0.25) is 5.02 Å². The van der Waals surface area contributed by atoms with Gasteiger partial charge in [0.15, 0.2) is 0 Å². The SMILES string of the molecule is N#Cc1cc(Cl)ccc1NCC(=O)O. The molecular weight excluding hydrogens is 204 g/mol. The average Bonchev–Trinajstić information content (AvgIpc) is 2.15. The summed E-state index contributed by atoms with van der Waals surface area (Å²) in [6.07, 6.45) is 0. The number of aliphatic carboxylic acids is 1. The molecule has 0 bridgehead atoms. The highest BCUT2D eigenvalue weighted by molar-refractivity contribution is 6.30. The maximum Gasteiger partial charge on any atom is 0.322 e. The molecule has 0 aromatic heterocycles. The van der Waals surface area contributed by atoms with Gasteiger partial charge in [0.05, 0.1) is 11.3 Å². The average molecular weight is 211 g/mol. The number of hydrogen-bond donors (Lipinski definition) is 2. The molecule has 0 aliphatic heterocycles. The highest BCUT2D eigenvalue weighted by Crippen LogP contribution is 2.19. The quantitative estimate of drug-likeness (QED) is 0.797. The van der Waals surface area contributed by atoms with Gasteiger partial charge in [0.2, 0.25) is 0 Å². The van der Waals surface area contributed by atoms with Crippen molar-refractivity contribution in [3.63, 3.8) is 0 Å². The second-order valence-corrected chi connectivity index (χ2v) is 2.99. The van der Waals surface area contributed by atoms with Crippen molar-refractivity contribution >= 4 is 23.3 Å². The molecule has 0 saturated heterocycles. The van der Waals surface area contributed by atoms with Gasteiger partial charge in [-0.2, -0.15) is 5.26 Å². The van der Waals surface area contributed by atoms with E-state index in [9.17, 15) is 4.79 Å². The molecular formula is C9H7ClN2O2. The normalized spacial score (nSPS) is 9.14. The van der Waals surface area contributed by atoms with E-state index in [1.54, 1.807) is 12.1 Å². The van der Waals surface area contributed by atoms with Crippen molar-refractivity contribution in [1.82, 2.24) is 0 Å². The summed E-state index contributed by atoms with van der Waals surface area (Å²) < 4.78 is 0. The highest BCUT2D eigenvalue weighted by Gasteiger charge is 2.03. The van der Waals surface area contributed by atoms with Crippen LogP contribution in [0.3, 0.4) is 0 Å². The molecule has 0 fully saturated rings. The lowest BCUT2D eigenvalue weighted by atomic mass is 10.2. The third-order valence-electron chi connectivity index (χ3n) is 1.53. The van der Waals surface area contributed by atoms with E-state index >= 15 is 0 Å². The monoisotopic (exact) mass is 210 g/mol. The molecule has 0 saturated carbocycles. The lowest BCUT2D eigenvalue weighted by Crippen LogP contribution is -2.12. The first-order valence-electron chi connectivity index (χ1n) is 3.79. The van der Waals surface area contributed by atoms with Crippen LogP contribution in [-0.4, -0.2) is 17.6 Å². The van der Waals surface area contributed by atoms with Gasteiger partial charge in [-0.25, -0.2) is 0 Å². The Bertz CT molecular complexity index is 398. The molecule has 2 N–H and O–H groups in total. The summed E-state index contributed by atoms with van der Waals surface area (Å²) in [4.78, 5) is 10.3. The molecule has 0 aliphatic rings. The van der Waals surface area contributed by atoms with Crippen molar-refractivity contribution in [3.8, 4) is 6.07 Å². The Morgan fingerprint density at radius 3 is 2.93 bits per heavy atom. The Hall–Kier alpha value is -1.73. The number of carbonyl (C=O) groups is 1. The lowest BCUT2D eigenvalue weighted by Gasteiger charge is -2.05. The Labute approximate surface area is 85.7 Å². The van der Waals surface area contributed by atoms with Crippen LogP contribution in [0.25, 0.3) is 0 Å². The smallest absolute Gasteiger partial charge is 0.322 e. The molecule has 14 heavy (non-hydrogen) atoms. The number of anilines is 1. The van der Waals surface area contributed by atoms with E-state index < -0.39 is 5.97 Å². The maximum atomic E-state index is 10.3. The predicted octanol–water partition coefficient (Wildman–Crippen LogP) is 1.71.